The van der Waals surface area contributed by atoms with Crippen molar-refractivity contribution in [3.05, 3.63) is 29.3 Å². The molecule has 0 saturated carbocycles. The highest BCUT2D eigenvalue weighted by Crippen LogP contribution is 2.25. The summed E-state index contributed by atoms with van der Waals surface area (Å²) in [4.78, 5) is 14.3. The Balaban J connectivity index is 2.13. The summed E-state index contributed by atoms with van der Waals surface area (Å²) in [7, 11) is -3.43. The monoisotopic (exact) mass is 352 g/mol. The SMILES string of the molecule is Cc1cccc(N(CCC(=O)N2CCCC(C)C2)S(C)(=O)=O)c1C. The minimum Gasteiger partial charge on any atom is -0.342 e. The lowest BCUT2D eigenvalue weighted by molar-refractivity contribution is -0.132. The largest absolute Gasteiger partial charge is 0.342 e. The Morgan fingerprint density at radius 3 is 2.67 bits per heavy atom. The summed E-state index contributed by atoms with van der Waals surface area (Å²) < 4.78 is 25.8. The highest BCUT2D eigenvalue weighted by atomic mass is 32.2. The van der Waals surface area contributed by atoms with E-state index in [-0.39, 0.29) is 18.9 Å². The van der Waals surface area contributed by atoms with Gasteiger partial charge in [-0.15, -0.1) is 0 Å². The van der Waals surface area contributed by atoms with E-state index in [4.69, 9.17) is 0 Å². The van der Waals surface area contributed by atoms with E-state index in [1.54, 1.807) is 6.07 Å². The molecule has 1 aliphatic rings. The molecular formula is C18H28N2O3S. The maximum atomic E-state index is 12.5. The van der Waals surface area contributed by atoms with E-state index in [9.17, 15) is 13.2 Å². The van der Waals surface area contributed by atoms with Gasteiger partial charge in [-0.25, -0.2) is 8.42 Å². The number of likely N-dealkylation sites (tertiary alicyclic amines) is 1. The average Bonchev–Trinajstić information content (AvgIpc) is 2.50. The summed E-state index contributed by atoms with van der Waals surface area (Å²) in [5, 5.41) is 0. The standard InChI is InChI=1S/C18H28N2O3S/c1-14-7-6-11-19(13-14)18(21)10-12-20(24(4,22)23)17-9-5-8-15(2)16(17)3/h5,8-9,14H,6-7,10-13H2,1-4H3. The molecule has 1 heterocycles. The molecule has 0 spiro atoms. The number of carbonyl (C=O) groups excluding carboxylic acids is 1. The van der Waals surface area contributed by atoms with Crippen LogP contribution in [0.15, 0.2) is 18.2 Å². The molecule has 2 rings (SSSR count). The molecule has 5 nitrogen and oxygen atoms in total. The molecule has 1 saturated heterocycles. The predicted octanol–water partition coefficient (Wildman–Crippen LogP) is 2.72. The Kier molecular flexibility index (Phi) is 5.91. The second kappa shape index (κ2) is 7.55. The number of anilines is 1. The van der Waals surface area contributed by atoms with Crippen LogP contribution in [0.25, 0.3) is 0 Å². The van der Waals surface area contributed by atoms with Crippen molar-refractivity contribution in [2.24, 2.45) is 5.92 Å². The van der Waals surface area contributed by atoms with Gasteiger partial charge in [-0.1, -0.05) is 19.1 Å². The highest BCUT2D eigenvalue weighted by Gasteiger charge is 2.24. The van der Waals surface area contributed by atoms with E-state index in [2.05, 4.69) is 6.92 Å². The van der Waals surface area contributed by atoms with E-state index in [1.807, 2.05) is 30.9 Å². The quantitative estimate of drug-likeness (QED) is 0.819. The number of piperidine rings is 1. The molecule has 0 aliphatic carbocycles. The second-order valence-corrected chi connectivity index (χ2v) is 8.80. The number of carbonyl (C=O) groups is 1. The van der Waals surface area contributed by atoms with Gasteiger partial charge in [0.1, 0.15) is 0 Å². The number of nitrogens with zero attached hydrogens (tertiary/aromatic N) is 2. The number of amides is 1. The van der Waals surface area contributed by atoms with Crippen LogP contribution in [-0.2, 0) is 14.8 Å². The first-order chi connectivity index (χ1) is 11.2. The first-order valence-electron chi connectivity index (χ1n) is 8.52. The summed E-state index contributed by atoms with van der Waals surface area (Å²) in [6.45, 7) is 7.77. The van der Waals surface area contributed by atoms with Crippen LogP contribution in [0, 0.1) is 19.8 Å². The molecule has 1 fully saturated rings. The number of sulfonamides is 1. The van der Waals surface area contributed by atoms with Crippen LogP contribution < -0.4 is 4.31 Å². The number of hydrogen-bond donors (Lipinski definition) is 0. The van der Waals surface area contributed by atoms with E-state index in [0.717, 1.165) is 37.1 Å². The number of benzene rings is 1. The van der Waals surface area contributed by atoms with Crippen LogP contribution in [-0.4, -0.2) is 45.1 Å². The molecule has 6 heteroatoms. The molecule has 0 N–H and O–H groups in total. The van der Waals surface area contributed by atoms with Gasteiger partial charge in [-0.05, 0) is 49.8 Å². The van der Waals surface area contributed by atoms with Crippen LogP contribution in [0.2, 0.25) is 0 Å². The molecule has 1 unspecified atom stereocenters. The van der Waals surface area contributed by atoms with Crippen molar-refractivity contribution in [3.63, 3.8) is 0 Å². The van der Waals surface area contributed by atoms with Gasteiger partial charge in [0, 0.05) is 26.1 Å². The Labute approximate surface area is 145 Å². The molecular weight excluding hydrogens is 324 g/mol. The Morgan fingerprint density at radius 1 is 1.33 bits per heavy atom. The molecule has 1 amide bonds. The molecule has 1 aliphatic heterocycles. The van der Waals surface area contributed by atoms with Gasteiger partial charge in [0.2, 0.25) is 15.9 Å². The van der Waals surface area contributed by atoms with Gasteiger partial charge in [0.15, 0.2) is 0 Å². The third-order valence-electron chi connectivity index (χ3n) is 4.78. The van der Waals surface area contributed by atoms with Gasteiger partial charge < -0.3 is 4.90 Å². The highest BCUT2D eigenvalue weighted by molar-refractivity contribution is 7.92. The van der Waals surface area contributed by atoms with Crippen LogP contribution in [0.4, 0.5) is 5.69 Å². The summed E-state index contributed by atoms with van der Waals surface area (Å²) in [6, 6.07) is 5.61. The van der Waals surface area contributed by atoms with Crippen molar-refractivity contribution in [3.8, 4) is 0 Å². The van der Waals surface area contributed by atoms with Gasteiger partial charge >= 0.3 is 0 Å². The number of aryl methyl sites for hydroxylation is 1. The summed E-state index contributed by atoms with van der Waals surface area (Å²) >= 11 is 0. The van der Waals surface area contributed by atoms with Gasteiger partial charge in [-0.2, -0.15) is 0 Å². The molecule has 0 radical (unpaired) electrons. The zero-order valence-electron chi connectivity index (χ0n) is 15.1. The molecule has 0 bridgehead atoms. The fraction of sp³-hybridized carbons (Fsp3) is 0.611. The third-order valence-corrected chi connectivity index (χ3v) is 5.96. The Bertz CT molecular complexity index is 700. The van der Waals surface area contributed by atoms with Crippen molar-refractivity contribution in [1.29, 1.82) is 0 Å². The third kappa shape index (κ3) is 4.50. The first kappa shape index (κ1) is 18.8. The fourth-order valence-electron chi connectivity index (χ4n) is 3.24. The summed E-state index contributed by atoms with van der Waals surface area (Å²) in [6.07, 6.45) is 3.59. The van der Waals surface area contributed by atoms with Crippen LogP contribution in [0.1, 0.15) is 37.3 Å². The smallest absolute Gasteiger partial charge is 0.232 e. The minimum absolute atomic E-state index is 0.0421. The Morgan fingerprint density at radius 2 is 2.04 bits per heavy atom. The lowest BCUT2D eigenvalue weighted by atomic mass is 10.00. The summed E-state index contributed by atoms with van der Waals surface area (Å²) in [5.74, 6) is 0.563. The van der Waals surface area contributed by atoms with Crippen molar-refractivity contribution in [2.45, 2.75) is 40.0 Å². The number of hydrogen-bond acceptors (Lipinski definition) is 3. The van der Waals surface area contributed by atoms with Crippen LogP contribution >= 0.6 is 0 Å². The van der Waals surface area contributed by atoms with E-state index < -0.39 is 10.0 Å². The Hall–Kier alpha value is -1.56. The maximum Gasteiger partial charge on any atom is 0.232 e. The van der Waals surface area contributed by atoms with Crippen LogP contribution in [0.5, 0.6) is 0 Å². The summed E-state index contributed by atoms with van der Waals surface area (Å²) in [5.41, 5.74) is 2.64. The van der Waals surface area contributed by atoms with Gasteiger partial charge in [-0.3, -0.25) is 9.10 Å². The second-order valence-electron chi connectivity index (χ2n) is 6.89. The van der Waals surface area contributed by atoms with Gasteiger partial charge in [0.05, 0.1) is 11.9 Å². The van der Waals surface area contributed by atoms with Crippen molar-refractivity contribution in [2.75, 3.05) is 30.2 Å². The predicted molar refractivity (Wildman–Crippen MR) is 97.7 cm³/mol. The van der Waals surface area contributed by atoms with Crippen molar-refractivity contribution >= 4 is 21.6 Å². The van der Waals surface area contributed by atoms with Crippen molar-refractivity contribution < 1.29 is 13.2 Å². The average molecular weight is 353 g/mol. The first-order valence-corrected chi connectivity index (χ1v) is 10.4. The van der Waals surface area contributed by atoms with E-state index in [0.29, 0.717) is 11.6 Å². The maximum absolute atomic E-state index is 12.5. The van der Waals surface area contributed by atoms with Crippen LogP contribution in [0.3, 0.4) is 0 Å². The number of rotatable bonds is 5. The van der Waals surface area contributed by atoms with E-state index >= 15 is 0 Å². The van der Waals surface area contributed by atoms with Crippen molar-refractivity contribution in [1.82, 2.24) is 4.90 Å². The zero-order valence-corrected chi connectivity index (χ0v) is 15.9. The molecule has 134 valence electrons. The molecule has 1 atom stereocenters. The molecule has 24 heavy (non-hydrogen) atoms. The minimum atomic E-state index is -3.43. The van der Waals surface area contributed by atoms with Gasteiger partial charge in [0.25, 0.3) is 0 Å². The lowest BCUT2D eigenvalue weighted by Gasteiger charge is -2.32. The molecule has 1 aromatic carbocycles. The fourth-order valence-corrected chi connectivity index (χ4v) is 4.22. The van der Waals surface area contributed by atoms with E-state index in [1.165, 1.54) is 10.6 Å². The zero-order chi connectivity index (χ0) is 17.9. The molecule has 0 aromatic heterocycles. The normalized spacial score (nSPS) is 18.5. The lowest BCUT2D eigenvalue weighted by Crippen LogP contribution is -2.41. The topological polar surface area (TPSA) is 57.7 Å². The molecule has 1 aromatic rings.